The van der Waals surface area contributed by atoms with Crippen LogP contribution in [0.25, 0.3) is 5.69 Å². The van der Waals surface area contributed by atoms with Crippen molar-refractivity contribution in [3.8, 4) is 11.8 Å². The number of nitrogen functional groups attached to an aromatic ring is 1. The maximum absolute atomic E-state index is 9.23. The van der Waals surface area contributed by atoms with Gasteiger partial charge in [-0.3, -0.25) is 0 Å². The number of nitrogens with zero attached hydrogens (tertiary/aromatic N) is 3. The smallest absolute Gasteiger partial charge is 0.145 e. The van der Waals surface area contributed by atoms with Crippen LogP contribution in [-0.2, 0) is 6.42 Å². The Morgan fingerprint density at radius 1 is 1.32 bits per heavy atom. The molecule has 2 rings (SSSR count). The van der Waals surface area contributed by atoms with Crippen molar-refractivity contribution in [3.63, 3.8) is 0 Å². The molecule has 0 saturated heterocycles. The fourth-order valence-corrected chi connectivity index (χ4v) is 1.92. The van der Waals surface area contributed by atoms with Gasteiger partial charge in [-0.25, -0.2) is 4.68 Å². The van der Waals surface area contributed by atoms with Gasteiger partial charge in [-0.15, -0.1) is 0 Å². The number of para-hydroxylation sites is 1. The second-order valence-corrected chi connectivity index (χ2v) is 5.23. The molecule has 5 heteroatoms. The molecule has 0 aliphatic heterocycles. The third-order valence-electron chi connectivity index (χ3n) is 2.73. The minimum Gasteiger partial charge on any atom is -0.382 e. The van der Waals surface area contributed by atoms with Gasteiger partial charge in [-0.1, -0.05) is 18.2 Å². The Balaban J connectivity index is 2.52. The molecule has 4 N–H and O–H groups in total. The molecule has 0 spiro atoms. The number of aromatic nitrogens is 2. The number of nitrogens with two attached hydrogens (primary N) is 2. The topological polar surface area (TPSA) is 93.7 Å². The van der Waals surface area contributed by atoms with Crippen molar-refractivity contribution in [2.45, 2.75) is 25.8 Å². The SMILES string of the molecule is CC(C)(N)Cc1nn(-c2ccccc2)c(N)c1C#N. The van der Waals surface area contributed by atoms with Crippen LogP contribution in [0.4, 0.5) is 5.82 Å². The maximum atomic E-state index is 9.23. The number of hydrogen-bond acceptors (Lipinski definition) is 4. The lowest BCUT2D eigenvalue weighted by Crippen LogP contribution is -2.34. The number of hydrogen-bond donors (Lipinski definition) is 2. The molecule has 0 fully saturated rings. The summed E-state index contributed by atoms with van der Waals surface area (Å²) in [6.45, 7) is 3.79. The summed E-state index contributed by atoms with van der Waals surface area (Å²) < 4.78 is 1.58. The van der Waals surface area contributed by atoms with Gasteiger partial charge in [0.1, 0.15) is 17.5 Å². The molecule has 0 atom stereocenters. The monoisotopic (exact) mass is 255 g/mol. The first-order chi connectivity index (χ1) is 8.92. The molecule has 0 aliphatic carbocycles. The van der Waals surface area contributed by atoms with Crippen LogP contribution in [0.1, 0.15) is 25.1 Å². The Kier molecular flexibility index (Phi) is 3.28. The highest BCUT2D eigenvalue weighted by Crippen LogP contribution is 2.22. The highest BCUT2D eigenvalue weighted by Gasteiger charge is 2.21. The molecule has 98 valence electrons. The number of nitriles is 1. The predicted octanol–water partition coefficient (Wildman–Crippen LogP) is 1.61. The molecule has 2 aromatic rings. The van der Waals surface area contributed by atoms with E-state index < -0.39 is 5.54 Å². The second-order valence-electron chi connectivity index (χ2n) is 5.23. The van der Waals surface area contributed by atoms with Gasteiger partial charge < -0.3 is 11.5 Å². The van der Waals surface area contributed by atoms with E-state index in [1.54, 1.807) is 4.68 Å². The van der Waals surface area contributed by atoms with Gasteiger partial charge in [0, 0.05) is 12.0 Å². The lowest BCUT2D eigenvalue weighted by molar-refractivity contribution is 0.507. The van der Waals surface area contributed by atoms with Gasteiger partial charge in [0.15, 0.2) is 0 Å². The fourth-order valence-electron chi connectivity index (χ4n) is 1.92. The van der Waals surface area contributed by atoms with E-state index >= 15 is 0 Å². The molecule has 0 bridgehead atoms. The summed E-state index contributed by atoms with van der Waals surface area (Å²) in [6.07, 6.45) is 0.500. The Bertz CT molecular complexity index is 614. The molecule has 19 heavy (non-hydrogen) atoms. The van der Waals surface area contributed by atoms with E-state index in [1.165, 1.54) is 0 Å². The molecular formula is C14H17N5. The summed E-state index contributed by atoms with van der Waals surface area (Å²) in [7, 11) is 0. The van der Waals surface area contributed by atoms with E-state index in [9.17, 15) is 5.26 Å². The fraction of sp³-hybridized carbons (Fsp3) is 0.286. The van der Waals surface area contributed by atoms with E-state index in [2.05, 4.69) is 11.2 Å². The summed E-state index contributed by atoms with van der Waals surface area (Å²) >= 11 is 0. The zero-order chi connectivity index (χ0) is 14.0. The Hall–Kier alpha value is -2.32. The van der Waals surface area contributed by atoms with Crippen LogP contribution in [0, 0.1) is 11.3 Å². The van der Waals surface area contributed by atoms with Gasteiger partial charge in [0.05, 0.1) is 11.4 Å². The molecule has 1 heterocycles. The average Bonchev–Trinajstić information content (AvgIpc) is 2.64. The van der Waals surface area contributed by atoms with Crippen molar-refractivity contribution in [2.75, 3.05) is 5.73 Å². The Labute approximate surface area is 112 Å². The quantitative estimate of drug-likeness (QED) is 0.871. The molecule has 1 aromatic heterocycles. The highest BCUT2D eigenvalue weighted by molar-refractivity contribution is 5.56. The third-order valence-corrected chi connectivity index (χ3v) is 2.73. The van der Waals surface area contributed by atoms with E-state index in [0.717, 1.165) is 5.69 Å². The van der Waals surface area contributed by atoms with Crippen molar-refractivity contribution in [2.24, 2.45) is 5.73 Å². The molecule has 0 amide bonds. The molecule has 0 aliphatic rings. The van der Waals surface area contributed by atoms with Crippen LogP contribution in [-0.4, -0.2) is 15.3 Å². The predicted molar refractivity (Wildman–Crippen MR) is 74.7 cm³/mol. The number of anilines is 1. The number of benzene rings is 1. The van der Waals surface area contributed by atoms with Crippen LogP contribution in [0.15, 0.2) is 30.3 Å². The van der Waals surface area contributed by atoms with Gasteiger partial charge in [0.25, 0.3) is 0 Å². The molecule has 1 aromatic carbocycles. The van der Waals surface area contributed by atoms with Crippen molar-refractivity contribution >= 4 is 5.82 Å². The molecular weight excluding hydrogens is 238 g/mol. The largest absolute Gasteiger partial charge is 0.382 e. The van der Waals surface area contributed by atoms with Crippen LogP contribution in [0.3, 0.4) is 0 Å². The van der Waals surface area contributed by atoms with Crippen LogP contribution in [0.2, 0.25) is 0 Å². The zero-order valence-electron chi connectivity index (χ0n) is 11.1. The summed E-state index contributed by atoms with van der Waals surface area (Å²) in [6, 6.07) is 11.6. The molecule has 0 unspecified atom stereocenters. The van der Waals surface area contributed by atoms with Gasteiger partial charge in [-0.05, 0) is 26.0 Å². The van der Waals surface area contributed by atoms with Crippen molar-refractivity contribution in [1.82, 2.24) is 9.78 Å². The van der Waals surface area contributed by atoms with Crippen LogP contribution >= 0.6 is 0 Å². The standard InChI is InChI=1S/C14H17N5/c1-14(2,17)8-12-11(9-15)13(16)19(18-12)10-6-4-3-5-7-10/h3-7H,8,16-17H2,1-2H3. The minimum atomic E-state index is -0.437. The van der Waals surface area contributed by atoms with Crippen molar-refractivity contribution < 1.29 is 0 Å². The van der Waals surface area contributed by atoms with Crippen LogP contribution < -0.4 is 11.5 Å². The first-order valence-corrected chi connectivity index (χ1v) is 6.04. The third kappa shape index (κ3) is 2.75. The van der Waals surface area contributed by atoms with E-state index in [4.69, 9.17) is 11.5 Å². The Morgan fingerprint density at radius 3 is 2.47 bits per heavy atom. The second kappa shape index (κ2) is 4.75. The first kappa shape index (κ1) is 13.1. The normalized spacial score (nSPS) is 11.3. The summed E-state index contributed by atoms with van der Waals surface area (Å²) in [5.41, 5.74) is 13.4. The average molecular weight is 255 g/mol. The van der Waals surface area contributed by atoms with E-state index in [-0.39, 0.29) is 0 Å². The maximum Gasteiger partial charge on any atom is 0.145 e. The van der Waals surface area contributed by atoms with Crippen LogP contribution in [0.5, 0.6) is 0 Å². The Morgan fingerprint density at radius 2 is 1.95 bits per heavy atom. The number of rotatable bonds is 3. The summed E-state index contributed by atoms with van der Waals surface area (Å²) in [4.78, 5) is 0. The summed E-state index contributed by atoms with van der Waals surface area (Å²) in [5, 5.41) is 13.7. The lowest BCUT2D eigenvalue weighted by atomic mass is 9.98. The summed E-state index contributed by atoms with van der Waals surface area (Å²) in [5.74, 6) is 0.355. The minimum absolute atomic E-state index is 0.355. The zero-order valence-corrected chi connectivity index (χ0v) is 11.1. The van der Waals surface area contributed by atoms with Crippen molar-refractivity contribution in [1.29, 1.82) is 5.26 Å². The first-order valence-electron chi connectivity index (χ1n) is 6.04. The lowest BCUT2D eigenvalue weighted by Gasteiger charge is -2.16. The van der Waals surface area contributed by atoms with E-state index in [1.807, 2.05) is 44.2 Å². The molecule has 0 radical (unpaired) electrons. The van der Waals surface area contributed by atoms with E-state index in [0.29, 0.717) is 23.5 Å². The van der Waals surface area contributed by atoms with Gasteiger partial charge in [0.2, 0.25) is 0 Å². The molecule has 0 saturated carbocycles. The molecule has 5 nitrogen and oxygen atoms in total. The highest BCUT2D eigenvalue weighted by atomic mass is 15.3. The van der Waals surface area contributed by atoms with Crippen molar-refractivity contribution in [3.05, 3.63) is 41.6 Å². The van der Waals surface area contributed by atoms with Gasteiger partial charge >= 0.3 is 0 Å². The van der Waals surface area contributed by atoms with Gasteiger partial charge in [-0.2, -0.15) is 10.4 Å².